The lowest BCUT2D eigenvalue weighted by atomic mass is 10.1. The third-order valence-electron chi connectivity index (χ3n) is 3.29. The van der Waals surface area contributed by atoms with Crippen LogP contribution >= 0.6 is 22.6 Å². The molecule has 2 aromatic carbocycles. The minimum Gasteiger partial charge on any atom is -0.497 e. The van der Waals surface area contributed by atoms with Crippen molar-refractivity contribution >= 4 is 34.2 Å². The van der Waals surface area contributed by atoms with Gasteiger partial charge < -0.3 is 19.5 Å². The Morgan fingerprint density at radius 3 is 2.42 bits per heavy atom. The maximum atomic E-state index is 12.5. The van der Waals surface area contributed by atoms with Gasteiger partial charge in [0, 0.05) is 11.3 Å². The standard InChI is InChI=1S/C18H20INO4/c1-4-9-24-17-15(19)10-12(11-16(17)23-3)18(21)20-13-5-7-14(22-2)8-6-13/h5-8,10-11H,4,9H2,1-3H3,(H,20,21). The second-order valence-corrected chi connectivity index (χ2v) is 6.18. The van der Waals surface area contributed by atoms with Gasteiger partial charge in [0.2, 0.25) is 0 Å². The van der Waals surface area contributed by atoms with E-state index in [0.29, 0.717) is 29.4 Å². The zero-order chi connectivity index (χ0) is 17.5. The van der Waals surface area contributed by atoms with Gasteiger partial charge in [0.25, 0.3) is 5.91 Å². The van der Waals surface area contributed by atoms with Gasteiger partial charge in [0.15, 0.2) is 11.5 Å². The maximum absolute atomic E-state index is 12.5. The minimum absolute atomic E-state index is 0.210. The first-order chi connectivity index (χ1) is 11.6. The third-order valence-corrected chi connectivity index (χ3v) is 4.09. The molecule has 0 saturated heterocycles. The molecule has 0 saturated carbocycles. The summed E-state index contributed by atoms with van der Waals surface area (Å²) in [6, 6.07) is 10.6. The largest absolute Gasteiger partial charge is 0.497 e. The Balaban J connectivity index is 2.20. The molecule has 2 rings (SSSR count). The third kappa shape index (κ3) is 4.53. The number of benzene rings is 2. The lowest BCUT2D eigenvalue weighted by Gasteiger charge is -2.14. The van der Waals surface area contributed by atoms with Crippen molar-refractivity contribution in [2.24, 2.45) is 0 Å². The number of halogens is 1. The van der Waals surface area contributed by atoms with E-state index in [1.807, 2.05) is 6.92 Å². The van der Waals surface area contributed by atoms with Gasteiger partial charge in [0.1, 0.15) is 5.75 Å². The number of hydrogen-bond acceptors (Lipinski definition) is 4. The van der Waals surface area contributed by atoms with E-state index < -0.39 is 0 Å². The monoisotopic (exact) mass is 441 g/mol. The molecule has 128 valence electrons. The van der Waals surface area contributed by atoms with Crippen LogP contribution in [0.25, 0.3) is 0 Å². The topological polar surface area (TPSA) is 56.8 Å². The van der Waals surface area contributed by atoms with Crippen molar-refractivity contribution in [3.63, 3.8) is 0 Å². The summed E-state index contributed by atoms with van der Waals surface area (Å²) in [5.74, 6) is 1.75. The molecule has 1 amide bonds. The Hall–Kier alpha value is -1.96. The summed E-state index contributed by atoms with van der Waals surface area (Å²) >= 11 is 2.15. The Bertz CT molecular complexity index is 701. The van der Waals surface area contributed by atoms with Crippen molar-refractivity contribution in [3.05, 3.63) is 45.5 Å². The molecular weight excluding hydrogens is 421 g/mol. The van der Waals surface area contributed by atoms with Crippen LogP contribution < -0.4 is 19.5 Å². The number of carbonyl (C=O) groups excluding carboxylic acids is 1. The molecule has 0 atom stereocenters. The molecule has 1 N–H and O–H groups in total. The quantitative estimate of drug-likeness (QED) is 0.650. The number of rotatable bonds is 7. The molecule has 0 spiro atoms. The SMILES string of the molecule is CCCOc1c(I)cc(C(=O)Nc2ccc(OC)cc2)cc1OC. The Morgan fingerprint density at radius 1 is 1.12 bits per heavy atom. The predicted molar refractivity (Wildman–Crippen MR) is 102 cm³/mol. The normalized spacial score (nSPS) is 10.2. The number of nitrogens with one attached hydrogen (secondary N) is 1. The van der Waals surface area contributed by atoms with E-state index in [0.717, 1.165) is 15.7 Å². The van der Waals surface area contributed by atoms with Gasteiger partial charge >= 0.3 is 0 Å². The van der Waals surface area contributed by atoms with E-state index in [2.05, 4.69) is 27.9 Å². The van der Waals surface area contributed by atoms with Gasteiger partial charge in [-0.25, -0.2) is 0 Å². The highest BCUT2D eigenvalue weighted by molar-refractivity contribution is 14.1. The first-order valence-corrected chi connectivity index (χ1v) is 8.62. The fraction of sp³-hybridized carbons (Fsp3) is 0.278. The Labute approximate surface area is 155 Å². The summed E-state index contributed by atoms with van der Waals surface area (Å²) in [7, 11) is 3.17. The Morgan fingerprint density at radius 2 is 1.83 bits per heavy atom. The van der Waals surface area contributed by atoms with Crippen molar-refractivity contribution in [2.75, 3.05) is 26.1 Å². The van der Waals surface area contributed by atoms with Gasteiger partial charge in [0.05, 0.1) is 24.4 Å². The van der Waals surface area contributed by atoms with E-state index in [4.69, 9.17) is 14.2 Å². The lowest BCUT2D eigenvalue weighted by molar-refractivity contribution is 0.102. The fourth-order valence-corrected chi connectivity index (χ4v) is 2.83. The summed E-state index contributed by atoms with van der Waals surface area (Å²) in [5.41, 5.74) is 1.21. The van der Waals surface area contributed by atoms with Crippen LogP contribution in [0.4, 0.5) is 5.69 Å². The van der Waals surface area contributed by atoms with Crippen LogP contribution in [-0.4, -0.2) is 26.7 Å². The summed E-state index contributed by atoms with van der Waals surface area (Å²) in [5, 5.41) is 2.86. The molecule has 0 radical (unpaired) electrons. The summed E-state index contributed by atoms with van der Waals surface area (Å²) in [4.78, 5) is 12.5. The number of hydrogen-bond donors (Lipinski definition) is 1. The van der Waals surface area contributed by atoms with E-state index >= 15 is 0 Å². The average Bonchev–Trinajstić information content (AvgIpc) is 2.60. The number of amides is 1. The van der Waals surface area contributed by atoms with Crippen LogP contribution in [0.3, 0.4) is 0 Å². The van der Waals surface area contributed by atoms with Gasteiger partial charge in [-0.1, -0.05) is 6.92 Å². The second-order valence-electron chi connectivity index (χ2n) is 5.02. The van der Waals surface area contributed by atoms with Crippen LogP contribution in [0.5, 0.6) is 17.2 Å². The summed E-state index contributed by atoms with van der Waals surface area (Å²) in [6.45, 7) is 2.64. The molecule has 0 heterocycles. The van der Waals surface area contributed by atoms with E-state index in [1.54, 1.807) is 50.6 Å². The van der Waals surface area contributed by atoms with Crippen LogP contribution in [0.2, 0.25) is 0 Å². The highest BCUT2D eigenvalue weighted by Gasteiger charge is 2.15. The zero-order valence-corrected chi connectivity index (χ0v) is 16.0. The highest BCUT2D eigenvalue weighted by atomic mass is 127. The van der Waals surface area contributed by atoms with Crippen LogP contribution in [0, 0.1) is 3.57 Å². The molecule has 6 heteroatoms. The van der Waals surface area contributed by atoms with Crippen LogP contribution in [0.15, 0.2) is 36.4 Å². The fourth-order valence-electron chi connectivity index (χ4n) is 2.07. The molecule has 5 nitrogen and oxygen atoms in total. The van der Waals surface area contributed by atoms with Crippen molar-refractivity contribution in [1.82, 2.24) is 0 Å². The van der Waals surface area contributed by atoms with Gasteiger partial charge in [-0.3, -0.25) is 4.79 Å². The van der Waals surface area contributed by atoms with Crippen molar-refractivity contribution in [2.45, 2.75) is 13.3 Å². The predicted octanol–water partition coefficient (Wildman–Crippen LogP) is 4.35. The molecule has 0 fully saturated rings. The van der Waals surface area contributed by atoms with Gasteiger partial charge in [-0.05, 0) is 65.4 Å². The first-order valence-electron chi connectivity index (χ1n) is 7.54. The second kappa shape index (κ2) is 8.77. The maximum Gasteiger partial charge on any atom is 0.255 e. The van der Waals surface area contributed by atoms with E-state index in [1.165, 1.54) is 0 Å². The highest BCUT2D eigenvalue weighted by Crippen LogP contribution is 2.34. The van der Waals surface area contributed by atoms with Gasteiger partial charge in [-0.2, -0.15) is 0 Å². The summed E-state index contributed by atoms with van der Waals surface area (Å²) in [6.07, 6.45) is 0.902. The van der Waals surface area contributed by atoms with Crippen molar-refractivity contribution < 1.29 is 19.0 Å². The van der Waals surface area contributed by atoms with Crippen LogP contribution in [0.1, 0.15) is 23.7 Å². The first kappa shape index (κ1) is 18.4. The Kier molecular flexibility index (Phi) is 6.72. The lowest BCUT2D eigenvalue weighted by Crippen LogP contribution is -2.13. The molecule has 2 aromatic rings. The molecule has 0 aliphatic carbocycles. The number of anilines is 1. The van der Waals surface area contributed by atoms with Crippen molar-refractivity contribution in [3.8, 4) is 17.2 Å². The molecule has 0 aliphatic rings. The summed E-state index contributed by atoms with van der Waals surface area (Å²) < 4.78 is 17.0. The molecule has 0 unspecified atom stereocenters. The number of carbonyl (C=O) groups is 1. The zero-order valence-electron chi connectivity index (χ0n) is 13.9. The molecule has 0 aliphatic heterocycles. The molecule has 24 heavy (non-hydrogen) atoms. The van der Waals surface area contributed by atoms with E-state index in [9.17, 15) is 4.79 Å². The van der Waals surface area contributed by atoms with E-state index in [-0.39, 0.29) is 5.91 Å². The van der Waals surface area contributed by atoms with Crippen LogP contribution in [-0.2, 0) is 0 Å². The molecular formula is C18H20INO4. The molecule has 0 bridgehead atoms. The average molecular weight is 441 g/mol. The molecule has 0 aromatic heterocycles. The minimum atomic E-state index is -0.210. The van der Waals surface area contributed by atoms with Crippen molar-refractivity contribution in [1.29, 1.82) is 0 Å². The number of methoxy groups -OCH3 is 2. The smallest absolute Gasteiger partial charge is 0.255 e. The number of ether oxygens (including phenoxy) is 3. The van der Waals surface area contributed by atoms with Gasteiger partial charge in [-0.15, -0.1) is 0 Å².